The number of ether oxygens (including phenoxy) is 1. The molecule has 8 nitrogen and oxygen atoms in total. The van der Waals surface area contributed by atoms with Gasteiger partial charge in [0.05, 0.1) is 5.69 Å². The number of carbonyl (C=O) groups is 3. The molecule has 148 valence electrons. The Balaban J connectivity index is 1.69. The van der Waals surface area contributed by atoms with E-state index in [1.54, 1.807) is 30.7 Å². The summed E-state index contributed by atoms with van der Waals surface area (Å²) in [7, 11) is 0. The third-order valence-corrected chi connectivity index (χ3v) is 4.20. The molecule has 0 atom stereocenters. The van der Waals surface area contributed by atoms with E-state index >= 15 is 0 Å². The summed E-state index contributed by atoms with van der Waals surface area (Å²) >= 11 is 0. The highest BCUT2D eigenvalue weighted by Gasteiger charge is 2.28. The number of hydrogen-bond acceptors (Lipinski definition) is 5. The van der Waals surface area contributed by atoms with E-state index in [-0.39, 0.29) is 17.6 Å². The molecule has 2 N–H and O–H groups in total. The Morgan fingerprint density at radius 1 is 1.21 bits per heavy atom. The van der Waals surface area contributed by atoms with Gasteiger partial charge in [0.1, 0.15) is 5.82 Å². The van der Waals surface area contributed by atoms with E-state index in [9.17, 15) is 18.8 Å². The third-order valence-electron chi connectivity index (χ3n) is 4.20. The second kappa shape index (κ2) is 8.20. The number of hydrogen-bond donors (Lipinski definition) is 2. The summed E-state index contributed by atoms with van der Waals surface area (Å²) < 4.78 is 19.8. The Morgan fingerprint density at radius 2 is 1.93 bits per heavy atom. The van der Waals surface area contributed by atoms with Crippen LogP contribution in [0.1, 0.15) is 42.0 Å². The van der Waals surface area contributed by atoms with Crippen LogP contribution >= 0.6 is 0 Å². The molecule has 1 aromatic carbocycles. The van der Waals surface area contributed by atoms with E-state index in [1.807, 2.05) is 0 Å². The molecule has 28 heavy (non-hydrogen) atoms. The van der Waals surface area contributed by atoms with Crippen molar-refractivity contribution in [2.45, 2.75) is 39.2 Å². The Bertz CT molecular complexity index is 905. The highest BCUT2D eigenvalue weighted by molar-refractivity contribution is 5.97. The van der Waals surface area contributed by atoms with Crippen LogP contribution in [0.25, 0.3) is 5.69 Å². The molecule has 0 spiro atoms. The summed E-state index contributed by atoms with van der Waals surface area (Å²) in [6.07, 6.45) is 2.28. The smallest absolute Gasteiger partial charge is 0.359 e. The van der Waals surface area contributed by atoms with Crippen molar-refractivity contribution in [1.82, 2.24) is 20.4 Å². The van der Waals surface area contributed by atoms with Gasteiger partial charge in [-0.15, -0.1) is 0 Å². The van der Waals surface area contributed by atoms with Crippen molar-refractivity contribution in [2.75, 3.05) is 6.61 Å². The quantitative estimate of drug-likeness (QED) is 0.762. The molecule has 3 amide bonds. The zero-order valence-electron chi connectivity index (χ0n) is 15.6. The molecular weight excluding hydrogens is 367 g/mol. The highest BCUT2D eigenvalue weighted by atomic mass is 19.1. The molecule has 1 aromatic heterocycles. The van der Waals surface area contributed by atoms with Crippen LogP contribution in [0.2, 0.25) is 0 Å². The summed E-state index contributed by atoms with van der Waals surface area (Å²) in [6, 6.07) is 5.02. The predicted molar refractivity (Wildman–Crippen MR) is 97.6 cm³/mol. The summed E-state index contributed by atoms with van der Waals surface area (Å²) in [6.45, 7) is 2.91. The van der Waals surface area contributed by atoms with Crippen molar-refractivity contribution < 1.29 is 23.5 Å². The first kappa shape index (κ1) is 19.5. The number of amides is 3. The van der Waals surface area contributed by atoms with E-state index in [2.05, 4.69) is 15.7 Å². The first-order valence-corrected chi connectivity index (χ1v) is 8.99. The zero-order chi connectivity index (χ0) is 20.3. The molecule has 1 heterocycles. The lowest BCUT2D eigenvalue weighted by Gasteiger charge is -2.09. The van der Waals surface area contributed by atoms with Gasteiger partial charge < -0.3 is 10.1 Å². The van der Waals surface area contributed by atoms with Crippen molar-refractivity contribution in [3.8, 4) is 5.69 Å². The highest BCUT2D eigenvalue weighted by Crippen LogP contribution is 2.28. The van der Waals surface area contributed by atoms with Gasteiger partial charge in [0.2, 0.25) is 0 Å². The Morgan fingerprint density at radius 3 is 2.61 bits per heavy atom. The van der Waals surface area contributed by atoms with Gasteiger partial charge in [-0.2, -0.15) is 5.10 Å². The number of carbonyl (C=O) groups excluding carboxylic acids is 3. The molecular formula is C19H21FN4O4. The van der Waals surface area contributed by atoms with Crippen LogP contribution < -0.4 is 10.6 Å². The molecule has 1 aliphatic rings. The lowest BCUT2D eigenvalue weighted by molar-refractivity contribution is -0.123. The molecule has 0 fully saturated rings. The minimum atomic E-state index is -0.738. The maximum Gasteiger partial charge on any atom is 0.359 e. The number of aromatic nitrogens is 2. The van der Waals surface area contributed by atoms with E-state index in [0.29, 0.717) is 12.1 Å². The van der Waals surface area contributed by atoms with Crippen molar-refractivity contribution in [2.24, 2.45) is 0 Å². The third kappa shape index (κ3) is 4.36. The van der Waals surface area contributed by atoms with Gasteiger partial charge in [-0.05, 0) is 57.4 Å². The van der Waals surface area contributed by atoms with Crippen molar-refractivity contribution in [1.29, 1.82) is 0 Å². The van der Waals surface area contributed by atoms with Gasteiger partial charge in [-0.25, -0.2) is 18.7 Å². The summed E-state index contributed by atoms with van der Waals surface area (Å²) in [5.41, 5.74) is 2.42. The first-order valence-electron chi connectivity index (χ1n) is 8.99. The number of nitrogens with one attached hydrogen (secondary N) is 2. The van der Waals surface area contributed by atoms with Crippen molar-refractivity contribution >= 4 is 17.9 Å². The lowest BCUT2D eigenvalue weighted by Crippen LogP contribution is -2.44. The largest absolute Gasteiger partial charge is 0.451 e. The van der Waals surface area contributed by atoms with Gasteiger partial charge in [-0.1, -0.05) is 0 Å². The summed E-state index contributed by atoms with van der Waals surface area (Å²) in [5.74, 6) is -1.83. The maximum atomic E-state index is 13.2. The van der Waals surface area contributed by atoms with Crippen molar-refractivity contribution in [3.05, 3.63) is 47.0 Å². The van der Waals surface area contributed by atoms with Crippen LogP contribution in [-0.2, 0) is 22.4 Å². The van der Waals surface area contributed by atoms with E-state index < -0.39 is 24.5 Å². The number of rotatable bonds is 5. The molecule has 9 heteroatoms. The van der Waals surface area contributed by atoms with E-state index in [4.69, 9.17) is 4.74 Å². The lowest BCUT2D eigenvalue weighted by atomic mass is 10.2. The molecule has 3 rings (SSSR count). The molecule has 0 aliphatic heterocycles. The summed E-state index contributed by atoms with van der Waals surface area (Å²) in [5, 5.41) is 8.90. The predicted octanol–water partition coefficient (Wildman–Crippen LogP) is 1.89. The minimum Gasteiger partial charge on any atom is -0.451 e. The second-order valence-corrected chi connectivity index (χ2v) is 6.77. The van der Waals surface area contributed by atoms with Crippen LogP contribution in [0, 0.1) is 5.82 Å². The average molecular weight is 388 g/mol. The van der Waals surface area contributed by atoms with Crippen LogP contribution in [-0.4, -0.2) is 40.3 Å². The molecule has 0 saturated carbocycles. The van der Waals surface area contributed by atoms with E-state index in [1.165, 1.54) is 12.1 Å². The first-order chi connectivity index (χ1) is 13.3. The maximum absolute atomic E-state index is 13.2. The minimum absolute atomic E-state index is 0.131. The van der Waals surface area contributed by atoms with Crippen LogP contribution in [0.3, 0.4) is 0 Å². The van der Waals surface area contributed by atoms with Gasteiger partial charge in [-0.3, -0.25) is 10.1 Å². The number of fused-ring (bicyclic) bond motifs is 1. The van der Waals surface area contributed by atoms with Crippen LogP contribution in [0.5, 0.6) is 0 Å². The fraction of sp³-hybridized carbons (Fsp3) is 0.368. The standard InChI is InChI=1S/C19H21FN4O4/c1-11(2)21-19(27)22-16(25)10-28-18(26)17-14-4-3-5-15(14)24(23-17)13-8-6-12(20)7-9-13/h6-9,11H,3-5,10H2,1-2H3,(H2,21,22,25,27). The van der Waals surface area contributed by atoms with Gasteiger partial charge in [0.15, 0.2) is 12.3 Å². The molecule has 2 aromatic rings. The molecule has 0 unspecified atom stereocenters. The number of esters is 1. The topological polar surface area (TPSA) is 102 Å². The van der Waals surface area contributed by atoms with E-state index in [0.717, 1.165) is 24.1 Å². The number of urea groups is 1. The van der Waals surface area contributed by atoms with Crippen LogP contribution in [0.4, 0.5) is 9.18 Å². The molecule has 0 radical (unpaired) electrons. The average Bonchev–Trinajstić information content (AvgIpc) is 3.22. The Hall–Kier alpha value is -3.23. The molecule has 0 bridgehead atoms. The van der Waals surface area contributed by atoms with Crippen LogP contribution in [0.15, 0.2) is 24.3 Å². The number of nitrogens with zero attached hydrogens (tertiary/aromatic N) is 2. The van der Waals surface area contributed by atoms with Gasteiger partial charge in [0, 0.05) is 17.3 Å². The molecule has 1 aliphatic carbocycles. The monoisotopic (exact) mass is 388 g/mol. The number of halogens is 1. The number of benzene rings is 1. The summed E-state index contributed by atoms with van der Waals surface area (Å²) in [4.78, 5) is 35.7. The SMILES string of the molecule is CC(C)NC(=O)NC(=O)COC(=O)c1nn(-c2ccc(F)cc2)c2c1CCC2. The molecule has 0 saturated heterocycles. The fourth-order valence-electron chi connectivity index (χ4n) is 3.06. The Labute approximate surface area is 161 Å². The second-order valence-electron chi connectivity index (χ2n) is 6.77. The normalized spacial score (nSPS) is 12.6. The fourth-order valence-corrected chi connectivity index (χ4v) is 3.06. The van der Waals surface area contributed by atoms with Gasteiger partial charge >= 0.3 is 12.0 Å². The van der Waals surface area contributed by atoms with Gasteiger partial charge in [0.25, 0.3) is 5.91 Å². The zero-order valence-corrected chi connectivity index (χ0v) is 15.6. The Kier molecular flexibility index (Phi) is 5.72. The number of imide groups is 1. The van der Waals surface area contributed by atoms with Crippen molar-refractivity contribution in [3.63, 3.8) is 0 Å².